The number of likely N-dealkylation sites (tertiary alicyclic amines) is 1. The minimum atomic E-state index is -3.74. The molecule has 1 aromatic carbocycles. The highest BCUT2D eigenvalue weighted by atomic mass is 35.5. The SMILES string of the molecule is C[C@@H]1CCC[C@H](COC(=O)N2CCCC(N(C)Cc3ccco3)C2)N1S(=O)(=O)c1ccc(Cl)cc1. The highest BCUT2D eigenvalue weighted by Gasteiger charge is 2.39. The normalized spacial score (nSPS) is 24.0. The second-order valence-corrected chi connectivity index (χ2v) is 11.8. The molecule has 1 amide bonds. The van der Waals surface area contributed by atoms with E-state index in [2.05, 4.69) is 4.90 Å². The first-order valence-electron chi connectivity index (χ1n) is 12.2. The number of furan rings is 1. The van der Waals surface area contributed by atoms with Crippen LogP contribution in [-0.4, -0.2) is 73.5 Å². The Kier molecular flexibility index (Phi) is 8.42. The summed E-state index contributed by atoms with van der Waals surface area (Å²) in [4.78, 5) is 17.1. The molecule has 2 aliphatic heterocycles. The van der Waals surface area contributed by atoms with Crippen LogP contribution in [-0.2, 0) is 21.3 Å². The fourth-order valence-electron chi connectivity index (χ4n) is 5.10. The lowest BCUT2D eigenvalue weighted by molar-refractivity contribution is 0.0461. The number of piperidine rings is 2. The molecule has 1 aromatic heterocycles. The molecule has 192 valence electrons. The highest BCUT2D eigenvalue weighted by molar-refractivity contribution is 7.89. The van der Waals surface area contributed by atoms with Gasteiger partial charge in [-0.2, -0.15) is 4.31 Å². The van der Waals surface area contributed by atoms with Crippen LogP contribution in [0.4, 0.5) is 4.79 Å². The van der Waals surface area contributed by atoms with E-state index in [9.17, 15) is 13.2 Å². The molecule has 35 heavy (non-hydrogen) atoms. The zero-order valence-corrected chi connectivity index (χ0v) is 21.9. The third-order valence-corrected chi connectivity index (χ3v) is 9.34. The number of nitrogens with zero attached hydrogens (tertiary/aromatic N) is 3. The summed E-state index contributed by atoms with van der Waals surface area (Å²) in [6, 6.07) is 9.65. The molecule has 2 aromatic rings. The number of ether oxygens (including phenoxy) is 1. The number of hydrogen-bond acceptors (Lipinski definition) is 6. The number of sulfonamides is 1. The maximum atomic E-state index is 13.4. The van der Waals surface area contributed by atoms with Crippen LogP contribution in [0.1, 0.15) is 44.8 Å². The van der Waals surface area contributed by atoms with Crippen molar-refractivity contribution in [2.75, 3.05) is 26.7 Å². The lowest BCUT2D eigenvalue weighted by atomic mass is 10.0. The summed E-state index contributed by atoms with van der Waals surface area (Å²) in [7, 11) is -1.71. The lowest BCUT2D eigenvalue weighted by Crippen LogP contribution is -2.52. The first-order valence-corrected chi connectivity index (χ1v) is 14.0. The van der Waals surface area contributed by atoms with Gasteiger partial charge < -0.3 is 14.1 Å². The molecule has 0 N–H and O–H groups in total. The molecule has 2 aliphatic rings. The summed E-state index contributed by atoms with van der Waals surface area (Å²) in [6.45, 7) is 3.84. The van der Waals surface area contributed by atoms with Crippen molar-refractivity contribution < 1.29 is 22.4 Å². The molecule has 0 aliphatic carbocycles. The Morgan fingerprint density at radius 1 is 1.17 bits per heavy atom. The molecule has 0 spiro atoms. The molecule has 0 saturated carbocycles. The Labute approximate surface area is 212 Å². The standard InChI is InChI=1S/C25H34ClN3O5S/c1-19-6-3-7-22(29(19)35(31,32)24-12-10-20(26)11-13-24)18-34-25(30)28-14-4-8-21(16-28)27(2)17-23-9-5-15-33-23/h5,9-13,15,19,21-22H,3-4,6-8,14,16-18H2,1-2H3/t19-,21?,22-/m1/s1. The van der Waals surface area contributed by atoms with Crippen molar-refractivity contribution in [3.8, 4) is 0 Å². The summed E-state index contributed by atoms with van der Waals surface area (Å²) in [5.74, 6) is 0.889. The van der Waals surface area contributed by atoms with E-state index in [0.717, 1.165) is 31.4 Å². The number of rotatable bonds is 7. The predicted molar refractivity (Wildman–Crippen MR) is 134 cm³/mol. The summed E-state index contributed by atoms with van der Waals surface area (Å²) < 4.78 is 39.5. The third kappa shape index (κ3) is 6.20. The largest absolute Gasteiger partial charge is 0.468 e. The summed E-state index contributed by atoms with van der Waals surface area (Å²) in [5, 5.41) is 0.482. The minimum Gasteiger partial charge on any atom is -0.468 e. The number of halogens is 1. The lowest BCUT2D eigenvalue weighted by Gasteiger charge is -2.40. The maximum Gasteiger partial charge on any atom is 0.409 e. The fourth-order valence-corrected chi connectivity index (χ4v) is 7.09. The minimum absolute atomic E-state index is 0.0411. The average molecular weight is 524 g/mol. The van der Waals surface area contributed by atoms with E-state index < -0.39 is 16.1 Å². The topological polar surface area (TPSA) is 83.3 Å². The van der Waals surface area contributed by atoms with Crippen molar-refractivity contribution in [1.29, 1.82) is 0 Å². The van der Waals surface area contributed by atoms with Crippen molar-refractivity contribution in [2.45, 2.75) is 68.6 Å². The Hall–Kier alpha value is -2.07. The molecule has 2 saturated heterocycles. The summed E-state index contributed by atoms with van der Waals surface area (Å²) >= 11 is 5.95. The van der Waals surface area contributed by atoms with E-state index >= 15 is 0 Å². The number of hydrogen-bond donors (Lipinski definition) is 0. The number of carbonyl (C=O) groups excluding carboxylic acids is 1. The van der Waals surface area contributed by atoms with Crippen LogP contribution in [0.15, 0.2) is 52.0 Å². The van der Waals surface area contributed by atoms with E-state index in [4.69, 9.17) is 20.8 Å². The molecule has 0 radical (unpaired) electrons. The molecule has 3 atom stereocenters. The van der Waals surface area contributed by atoms with Crippen LogP contribution in [0.5, 0.6) is 0 Å². The number of carbonyl (C=O) groups is 1. The molecule has 0 bridgehead atoms. The van der Waals surface area contributed by atoms with Gasteiger partial charge in [0.25, 0.3) is 0 Å². The highest BCUT2D eigenvalue weighted by Crippen LogP contribution is 2.30. The average Bonchev–Trinajstić information content (AvgIpc) is 3.35. The van der Waals surface area contributed by atoms with Crippen molar-refractivity contribution in [3.63, 3.8) is 0 Å². The van der Waals surface area contributed by atoms with Crippen LogP contribution in [0.2, 0.25) is 5.02 Å². The van der Waals surface area contributed by atoms with Crippen LogP contribution >= 0.6 is 11.6 Å². The molecular weight excluding hydrogens is 490 g/mol. The van der Waals surface area contributed by atoms with Gasteiger partial charge in [0.2, 0.25) is 10.0 Å². The van der Waals surface area contributed by atoms with Gasteiger partial charge in [-0.3, -0.25) is 4.90 Å². The zero-order valence-electron chi connectivity index (χ0n) is 20.3. The Morgan fingerprint density at radius 3 is 2.66 bits per heavy atom. The molecule has 2 fully saturated rings. The number of amides is 1. The van der Waals surface area contributed by atoms with E-state index in [1.807, 2.05) is 26.1 Å². The van der Waals surface area contributed by atoms with E-state index in [0.29, 0.717) is 31.1 Å². The number of likely N-dealkylation sites (N-methyl/N-ethyl adjacent to an activating group) is 1. The van der Waals surface area contributed by atoms with Crippen LogP contribution < -0.4 is 0 Å². The first kappa shape index (κ1) is 26.0. The second kappa shape index (κ2) is 11.3. The molecule has 10 heteroatoms. The van der Waals surface area contributed by atoms with Gasteiger partial charge >= 0.3 is 6.09 Å². The van der Waals surface area contributed by atoms with Crippen molar-refractivity contribution in [1.82, 2.24) is 14.1 Å². The van der Waals surface area contributed by atoms with Gasteiger partial charge in [0.15, 0.2) is 0 Å². The van der Waals surface area contributed by atoms with Gasteiger partial charge in [0.05, 0.1) is 23.7 Å². The predicted octanol–water partition coefficient (Wildman–Crippen LogP) is 4.60. The Morgan fingerprint density at radius 2 is 1.94 bits per heavy atom. The molecule has 8 nitrogen and oxygen atoms in total. The molecular formula is C25H34ClN3O5S. The monoisotopic (exact) mass is 523 g/mol. The van der Waals surface area contributed by atoms with Gasteiger partial charge in [-0.05, 0) is 76.1 Å². The van der Waals surface area contributed by atoms with E-state index in [1.54, 1.807) is 23.3 Å². The number of benzene rings is 1. The van der Waals surface area contributed by atoms with E-state index in [-0.39, 0.29) is 29.7 Å². The van der Waals surface area contributed by atoms with E-state index in [1.165, 1.54) is 16.4 Å². The van der Waals surface area contributed by atoms with Crippen LogP contribution in [0.25, 0.3) is 0 Å². The van der Waals surface area contributed by atoms with Crippen LogP contribution in [0.3, 0.4) is 0 Å². The van der Waals surface area contributed by atoms with Crippen molar-refractivity contribution in [3.05, 3.63) is 53.4 Å². The van der Waals surface area contributed by atoms with Crippen LogP contribution in [0, 0.1) is 0 Å². The molecule has 3 heterocycles. The second-order valence-electron chi connectivity index (χ2n) is 9.54. The Balaban J connectivity index is 1.38. The summed E-state index contributed by atoms with van der Waals surface area (Å²) in [6.07, 6.45) is 5.47. The van der Waals surface area contributed by atoms with Gasteiger partial charge in [-0.1, -0.05) is 18.0 Å². The van der Waals surface area contributed by atoms with Gasteiger partial charge in [0.1, 0.15) is 12.4 Å². The van der Waals surface area contributed by atoms with Gasteiger partial charge in [0, 0.05) is 30.2 Å². The van der Waals surface area contributed by atoms with Gasteiger partial charge in [-0.25, -0.2) is 13.2 Å². The van der Waals surface area contributed by atoms with Crippen molar-refractivity contribution in [2.24, 2.45) is 0 Å². The quantitative estimate of drug-likeness (QED) is 0.527. The van der Waals surface area contributed by atoms with Gasteiger partial charge in [-0.15, -0.1) is 0 Å². The zero-order chi connectivity index (χ0) is 25.0. The third-order valence-electron chi connectivity index (χ3n) is 7.01. The Bertz CT molecular complexity index is 1080. The summed E-state index contributed by atoms with van der Waals surface area (Å²) in [5.41, 5.74) is 0. The smallest absolute Gasteiger partial charge is 0.409 e. The first-order chi connectivity index (χ1) is 16.8. The fraction of sp³-hybridized carbons (Fsp3) is 0.560. The molecule has 4 rings (SSSR count). The van der Waals surface area contributed by atoms with Crippen molar-refractivity contribution >= 4 is 27.7 Å². The molecule has 1 unspecified atom stereocenters. The maximum absolute atomic E-state index is 13.4.